The molecule has 5 heteroatoms. The predicted molar refractivity (Wildman–Crippen MR) is 90.0 cm³/mol. The number of anilines is 1. The number of nitrogens with one attached hydrogen (secondary N) is 1. The molecule has 3 rings (SSSR count). The summed E-state index contributed by atoms with van der Waals surface area (Å²) in [6.07, 6.45) is 4.13. The lowest BCUT2D eigenvalue weighted by Gasteiger charge is -2.44. The van der Waals surface area contributed by atoms with Gasteiger partial charge in [-0.2, -0.15) is 0 Å². The number of ether oxygens (including phenoxy) is 2. The zero-order valence-corrected chi connectivity index (χ0v) is 13.8. The zero-order chi connectivity index (χ0) is 16.1. The summed E-state index contributed by atoms with van der Waals surface area (Å²) in [4.78, 5) is 13.6. The SMILES string of the molecule is CCCCOc1ccc(N2CCC3(CC2)CNC(=O)CO3)cc1. The number of amides is 1. The van der Waals surface area contributed by atoms with Crippen LogP contribution in [0.2, 0.25) is 0 Å². The molecule has 2 aliphatic rings. The van der Waals surface area contributed by atoms with E-state index in [2.05, 4.69) is 29.3 Å². The molecule has 1 aromatic rings. The maximum Gasteiger partial charge on any atom is 0.246 e. The number of benzene rings is 1. The molecule has 126 valence electrons. The molecule has 0 aliphatic carbocycles. The highest BCUT2D eigenvalue weighted by molar-refractivity contribution is 5.78. The Morgan fingerprint density at radius 1 is 1.26 bits per heavy atom. The second-order valence-corrected chi connectivity index (χ2v) is 6.43. The minimum Gasteiger partial charge on any atom is -0.494 e. The van der Waals surface area contributed by atoms with E-state index >= 15 is 0 Å². The van der Waals surface area contributed by atoms with Crippen LogP contribution in [-0.2, 0) is 9.53 Å². The maximum atomic E-state index is 11.2. The van der Waals surface area contributed by atoms with Gasteiger partial charge in [0.2, 0.25) is 5.91 Å². The Morgan fingerprint density at radius 3 is 2.61 bits per heavy atom. The van der Waals surface area contributed by atoms with Crippen LogP contribution in [-0.4, -0.2) is 44.4 Å². The van der Waals surface area contributed by atoms with E-state index in [0.717, 1.165) is 51.1 Å². The topological polar surface area (TPSA) is 50.8 Å². The summed E-state index contributed by atoms with van der Waals surface area (Å²) in [6, 6.07) is 8.35. The van der Waals surface area contributed by atoms with Gasteiger partial charge in [0.1, 0.15) is 12.4 Å². The predicted octanol–water partition coefficient (Wildman–Crippen LogP) is 2.35. The van der Waals surface area contributed by atoms with Gasteiger partial charge in [0.15, 0.2) is 0 Å². The molecule has 5 nitrogen and oxygen atoms in total. The molecule has 1 spiro atoms. The maximum absolute atomic E-state index is 11.2. The number of nitrogens with zero attached hydrogens (tertiary/aromatic N) is 1. The Morgan fingerprint density at radius 2 is 2.00 bits per heavy atom. The van der Waals surface area contributed by atoms with Crippen LogP contribution < -0.4 is 15.0 Å². The molecule has 2 heterocycles. The summed E-state index contributed by atoms with van der Waals surface area (Å²) < 4.78 is 11.5. The van der Waals surface area contributed by atoms with Gasteiger partial charge in [-0.3, -0.25) is 4.79 Å². The number of carbonyl (C=O) groups excluding carboxylic acids is 1. The summed E-state index contributed by atoms with van der Waals surface area (Å²) >= 11 is 0. The second kappa shape index (κ2) is 7.21. The van der Waals surface area contributed by atoms with E-state index in [1.54, 1.807) is 0 Å². The van der Waals surface area contributed by atoms with Crippen molar-refractivity contribution < 1.29 is 14.3 Å². The quantitative estimate of drug-likeness (QED) is 0.847. The number of carbonyl (C=O) groups is 1. The Balaban J connectivity index is 1.52. The van der Waals surface area contributed by atoms with Crippen LogP contribution in [0.3, 0.4) is 0 Å². The largest absolute Gasteiger partial charge is 0.494 e. The molecule has 1 amide bonds. The average molecular weight is 318 g/mol. The number of morpholine rings is 1. The molecule has 0 radical (unpaired) electrons. The lowest BCUT2D eigenvalue weighted by atomic mass is 9.89. The van der Waals surface area contributed by atoms with E-state index < -0.39 is 0 Å². The number of hydrogen-bond acceptors (Lipinski definition) is 4. The van der Waals surface area contributed by atoms with Gasteiger partial charge in [0.05, 0.1) is 12.2 Å². The molecular weight excluding hydrogens is 292 g/mol. The van der Waals surface area contributed by atoms with Crippen LogP contribution in [0.1, 0.15) is 32.6 Å². The van der Waals surface area contributed by atoms with E-state index in [1.165, 1.54) is 5.69 Å². The molecule has 0 bridgehead atoms. The van der Waals surface area contributed by atoms with Crippen LogP contribution in [0.5, 0.6) is 5.75 Å². The molecule has 0 saturated carbocycles. The lowest BCUT2D eigenvalue weighted by Crippen LogP contribution is -2.57. The van der Waals surface area contributed by atoms with E-state index in [-0.39, 0.29) is 18.1 Å². The van der Waals surface area contributed by atoms with Crippen molar-refractivity contribution in [1.82, 2.24) is 5.32 Å². The van der Waals surface area contributed by atoms with Gasteiger partial charge in [-0.25, -0.2) is 0 Å². The minimum atomic E-state index is -0.159. The lowest BCUT2D eigenvalue weighted by molar-refractivity contribution is -0.146. The van der Waals surface area contributed by atoms with Crippen molar-refractivity contribution in [3.8, 4) is 5.75 Å². The van der Waals surface area contributed by atoms with Gasteiger partial charge < -0.3 is 19.7 Å². The van der Waals surface area contributed by atoms with E-state index in [0.29, 0.717) is 6.54 Å². The summed E-state index contributed by atoms with van der Waals surface area (Å²) in [6.45, 7) is 5.69. The highest BCUT2D eigenvalue weighted by Gasteiger charge is 2.38. The Labute approximate surface area is 137 Å². The van der Waals surface area contributed by atoms with Gasteiger partial charge in [0, 0.05) is 25.3 Å². The van der Waals surface area contributed by atoms with Crippen LogP contribution in [0.25, 0.3) is 0 Å². The van der Waals surface area contributed by atoms with Gasteiger partial charge in [0.25, 0.3) is 0 Å². The number of piperidine rings is 1. The Hall–Kier alpha value is -1.75. The molecular formula is C18H26N2O3. The molecule has 23 heavy (non-hydrogen) atoms. The zero-order valence-electron chi connectivity index (χ0n) is 13.8. The van der Waals surface area contributed by atoms with Crippen molar-refractivity contribution in [3.05, 3.63) is 24.3 Å². The first kappa shape index (κ1) is 16.1. The van der Waals surface area contributed by atoms with Crippen LogP contribution in [0.15, 0.2) is 24.3 Å². The first-order valence-electron chi connectivity index (χ1n) is 8.59. The Bertz CT molecular complexity index is 510. The molecule has 2 fully saturated rings. The third kappa shape index (κ3) is 3.96. The molecule has 1 N–H and O–H groups in total. The monoisotopic (exact) mass is 318 g/mol. The fraction of sp³-hybridized carbons (Fsp3) is 0.611. The summed E-state index contributed by atoms with van der Waals surface area (Å²) in [5.74, 6) is 0.936. The van der Waals surface area contributed by atoms with Crippen molar-refractivity contribution in [2.45, 2.75) is 38.2 Å². The standard InChI is InChI=1S/C18H26N2O3/c1-2-3-12-22-16-6-4-15(5-7-16)20-10-8-18(9-11-20)14-19-17(21)13-23-18/h4-7H,2-3,8-14H2,1H3,(H,19,21). The normalized spacial score (nSPS) is 20.4. The van der Waals surface area contributed by atoms with Crippen molar-refractivity contribution in [2.75, 3.05) is 37.7 Å². The molecule has 0 atom stereocenters. The van der Waals surface area contributed by atoms with Gasteiger partial charge >= 0.3 is 0 Å². The van der Waals surface area contributed by atoms with Crippen LogP contribution in [0.4, 0.5) is 5.69 Å². The van der Waals surface area contributed by atoms with Gasteiger partial charge in [-0.15, -0.1) is 0 Å². The fourth-order valence-electron chi connectivity index (χ4n) is 3.16. The third-order valence-corrected chi connectivity index (χ3v) is 4.76. The molecule has 1 aromatic carbocycles. The summed E-state index contributed by atoms with van der Waals surface area (Å²) in [5.41, 5.74) is 1.07. The smallest absolute Gasteiger partial charge is 0.246 e. The first-order chi connectivity index (χ1) is 11.2. The highest BCUT2D eigenvalue weighted by Crippen LogP contribution is 2.31. The van der Waals surface area contributed by atoms with Gasteiger partial charge in [-0.1, -0.05) is 13.3 Å². The molecule has 2 saturated heterocycles. The molecule has 0 unspecified atom stereocenters. The number of rotatable bonds is 5. The molecule has 0 aromatic heterocycles. The Kier molecular flexibility index (Phi) is 5.06. The molecule has 2 aliphatic heterocycles. The van der Waals surface area contributed by atoms with Crippen molar-refractivity contribution in [2.24, 2.45) is 0 Å². The third-order valence-electron chi connectivity index (χ3n) is 4.76. The van der Waals surface area contributed by atoms with Crippen molar-refractivity contribution in [3.63, 3.8) is 0 Å². The van der Waals surface area contributed by atoms with Crippen LogP contribution in [0, 0.1) is 0 Å². The van der Waals surface area contributed by atoms with Crippen molar-refractivity contribution >= 4 is 11.6 Å². The summed E-state index contributed by atoms with van der Waals surface area (Å²) in [5, 5.41) is 2.93. The van der Waals surface area contributed by atoms with Crippen molar-refractivity contribution in [1.29, 1.82) is 0 Å². The number of hydrogen-bond donors (Lipinski definition) is 1. The van der Waals surface area contributed by atoms with Gasteiger partial charge in [-0.05, 0) is 43.5 Å². The fourth-order valence-corrected chi connectivity index (χ4v) is 3.16. The summed E-state index contributed by atoms with van der Waals surface area (Å²) in [7, 11) is 0. The second-order valence-electron chi connectivity index (χ2n) is 6.43. The minimum absolute atomic E-state index is 0.00304. The van der Waals surface area contributed by atoms with E-state index in [4.69, 9.17) is 9.47 Å². The van der Waals surface area contributed by atoms with E-state index in [9.17, 15) is 4.79 Å². The average Bonchev–Trinajstić information content (AvgIpc) is 2.60. The van der Waals surface area contributed by atoms with Crippen LogP contribution >= 0.6 is 0 Å². The number of unbranched alkanes of at least 4 members (excludes halogenated alkanes) is 1. The highest BCUT2D eigenvalue weighted by atomic mass is 16.5. The first-order valence-corrected chi connectivity index (χ1v) is 8.59. The van der Waals surface area contributed by atoms with E-state index in [1.807, 2.05) is 12.1 Å².